The number of aliphatic hydroxyl groups is 1. The van der Waals surface area contributed by atoms with Gasteiger partial charge in [-0.05, 0) is 18.5 Å². The molecule has 0 rings (SSSR count). The van der Waals surface area contributed by atoms with Crippen molar-refractivity contribution in [1.82, 2.24) is 0 Å². The maximum absolute atomic E-state index is 12.9. The molecule has 0 aliphatic carbocycles. The summed E-state index contributed by atoms with van der Waals surface area (Å²) in [5.41, 5.74) is -1.32. The van der Waals surface area contributed by atoms with Gasteiger partial charge in [-0.1, -0.05) is 41.5 Å². The Kier molecular flexibility index (Phi) is 13.8. The molecule has 0 bridgehead atoms. The number of alkyl halides is 7. The monoisotopic (exact) mass is 521 g/mol. The van der Waals surface area contributed by atoms with Crippen molar-refractivity contribution in [3.8, 4) is 0 Å². The Labute approximate surface area is 172 Å². The molecule has 167 valence electrons. The van der Waals surface area contributed by atoms with Crippen molar-refractivity contribution in [3.05, 3.63) is 11.8 Å². The van der Waals surface area contributed by atoms with Crippen molar-refractivity contribution < 1.29 is 63.0 Å². The van der Waals surface area contributed by atoms with Crippen LogP contribution in [0, 0.1) is 5.41 Å². The molecule has 11 heteroatoms. The summed E-state index contributed by atoms with van der Waals surface area (Å²) < 4.78 is 86.3. The van der Waals surface area contributed by atoms with Gasteiger partial charge in [0.1, 0.15) is 0 Å². The average molecular weight is 522 g/mol. The molecule has 0 aromatic carbocycles. The Hall–Kier alpha value is -0.110. The van der Waals surface area contributed by atoms with E-state index in [2.05, 4.69) is 20.8 Å². The van der Waals surface area contributed by atoms with Gasteiger partial charge < -0.3 is 5.11 Å². The third-order valence-corrected chi connectivity index (χ3v) is 6.10. The van der Waals surface area contributed by atoms with Gasteiger partial charge in [0.2, 0.25) is 0 Å². The van der Waals surface area contributed by atoms with E-state index in [0.29, 0.717) is 7.92 Å². The number of rotatable bonds is 6. The quantitative estimate of drug-likeness (QED) is 0.144. The van der Waals surface area contributed by atoms with Crippen molar-refractivity contribution >= 4 is 13.7 Å². The molecule has 0 amide bonds. The third kappa shape index (κ3) is 9.29. The van der Waals surface area contributed by atoms with Gasteiger partial charge in [-0.3, -0.25) is 4.79 Å². The molecule has 0 saturated heterocycles. The van der Waals surface area contributed by atoms with Crippen LogP contribution in [0.4, 0.5) is 30.7 Å². The zero-order chi connectivity index (χ0) is 21.6. The normalized spacial score (nSPS) is 13.6. The van der Waals surface area contributed by atoms with E-state index in [0.717, 1.165) is 0 Å². The van der Waals surface area contributed by atoms with Gasteiger partial charge in [0.25, 0.3) is 0 Å². The molecule has 1 radical (unpaired) electrons. The first-order chi connectivity index (χ1) is 11.4. The van der Waals surface area contributed by atoms with E-state index in [-0.39, 0.29) is 28.5 Å². The molecule has 0 spiro atoms. The largest absolute Gasteiger partial charge is 0.506 e. The number of halogens is 7. The second-order valence-electron chi connectivity index (χ2n) is 6.41. The van der Waals surface area contributed by atoms with Gasteiger partial charge in [0.15, 0.2) is 11.5 Å². The van der Waals surface area contributed by atoms with Gasteiger partial charge in [0, 0.05) is 33.9 Å². The first-order valence-electron chi connectivity index (χ1n) is 7.90. The summed E-state index contributed by atoms with van der Waals surface area (Å²) in [6.45, 7) is 10.5. The maximum Gasteiger partial charge on any atom is 0.460 e. The molecule has 0 atom stereocenters. The first kappa shape index (κ1) is 31.6. The Bertz CT molecular complexity index is 477. The fourth-order valence-corrected chi connectivity index (χ4v) is 2.78. The van der Waals surface area contributed by atoms with E-state index < -0.39 is 35.0 Å². The van der Waals surface area contributed by atoms with Crippen molar-refractivity contribution in [2.45, 2.75) is 59.6 Å². The van der Waals surface area contributed by atoms with Gasteiger partial charge >= 0.3 is 18.0 Å². The molecule has 2 nitrogen and oxygen atoms in total. The minimum atomic E-state index is -6.57. The van der Waals surface area contributed by atoms with E-state index in [1.54, 1.807) is 0 Å². The summed E-state index contributed by atoms with van der Waals surface area (Å²) in [4.78, 5) is 11.2. The summed E-state index contributed by atoms with van der Waals surface area (Å²) in [6, 6.07) is 0. The molecule has 0 unspecified atom stereocenters. The van der Waals surface area contributed by atoms with Crippen LogP contribution in [0.5, 0.6) is 0 Å². The maximum atomic E-state index is 12.9. The first-order valence-corrected chi connectivity index (χ1v) is 9.80. The SMILES string of the molecule is CC(C)(C)C(=O)C=C(O)C(F)(F)C(F)(F)C(F)(F)F.CCP(CC)CC.[Ag]. The van der Waals surface area contributed by atoms with Crippen LogP contribution < -0.4 is 0 Å². The number of allylic oxidation sites excluding steroid dienone is 2. The van der Waals surface area contributed by atoms with Crippen LogP contribution in [0.15, 0.2) is 11.8 Å². The van der Waals surface area contributed by atoms with Crippen LogP contribution in [0.2, 0.25) is 0 Å². The van der Waals surface area contributed by atoms with Crippen LogP contribution in [-0.2, 0) is 27.2 Å². The standard InChI is InChI=1S/C10H11F7O2.C6H15P.Ag/c1-7(2,3)5(18)4-6(19)8(11,12)9(13,14)10(15,16)17;1-4-7(5-2)6-3;/h4,19H,1-3H3;4-6H2,1-3H3;. The molecular formula is C16H26AgF7O2P. The molecule has 0 aliphatic rings. The molecule has 0 fully saturated rings. The Balaban J connectivity index is -0.000000612. The number of carbonyl (C=O) groups excluding carboxylic acids is 1. The summed E-state index contributed by atoms with van der Waals surface area (Å²) in [7, 11) is 0.446. The second-order valence-corrected chi connectivity index (χ2v) is 9.65. The number of hydrogen-bond donors (Lipinski definition) is 1. The molecule has 0 aliphatic heterocycles. The Morgan fingerprint density at radius 3 is 1.41 bits per heavy atom. The van der Waals surface area contributed by atoms with Gasteiger partial charge in [-0.15, -0.1) is 7.92 Å². The molecule has 1 N–H and O–H groups in total. The predicted molar refractivity (Wildman–Crippen MR) is 89.7 cm³/mol. The summed E-state index contributed by atoms with van der Waals surface area (Å²) in [6.07, 6.45) is -2.63. The Morgan fingerprint density at radius 1 is 0.889 bits per heavy atom. The third-order valence-electron chi connectivity index (χ3n) is 3.42. The molecular weight excluding hydrogens is 496 g/mol. The van der Waals surface area contributed by atoms with Crippen LogP contribution >= 0.6 is 7.92 Å². The summed E-state index contributed by atoms with van der Waals surface area (Å²) >= 11 is 0. The van der Waals surface area contributed by atoms with E-state index in [4.69, 9.17) is 5.11 Å². The molecule has 0 aromatic heterocycles. The van der Waals surface area contributed by atoms with Gasteiger partial charge in [0.05, 0.1) is 0 Å². The zero-order valence-electron chi connectivity index (χ0n) is 15.9. The van der Waals surface area contributed by atoms with E-state index in [1.807, 2.05) is 0 Å². The molecule has 0 saturated carbocycles. The average Bonchev–Trinajstić information content (AvgIpc) is 2.47. The zero-order valence-corrected chi connectivity index (χ0v) is 18.3. The Morgan fingerprint density at radius 2 is 1.22 bits per heavy atom. The number of ketones is 1. The molecule has 0 aromatic rings. The van der Waals surface area contributed by atoms with Crippen LogP contribution in [0.3, 0.4) is 0 Å². The minimum absolute atomic E-state index is 0. The van der Waals surface area contributed by atoms with Crippen LogP contribution in [0.25, 0.3) is 0 Å². The van der Waals surface area contributed by atoms with Crippen molar-refractivity contribution in [1.29, 1.82) is 0 Å². The van der Waals surface area contributed by atoms with Gasteiger partial charge in [-0.2, -0.15) is 30.7 Å². The van der Waals surface area contributed by atoms with E-state index in [1.165, 1.54) is 39.3 Å². The fraction of sp³-hybridized carbons (Fsp3) is 0.812. The van der Waals surface area contributed by atoms with Crippen molar-refractivity contribution in [2.24, 2.45) is 5.41 Å². The van der Waals surface area contributed by atoms with Crippen molar-refractivity contribution in [3.63, 3.8) is 0 Å². The molecule has 27 heavy (non-hydrogen) atoms. The van der Waals surface area contributed by atoms with Crippen LogP contribution in [0.1, 0.15) is 41.5 Å². The minimum Gasteiger partial charge on any atom is -0.506 e. The smallest absolute Gasteiger partial charge is 0.460 e. The topological polar surface area (TPSA) is 37.3 Å². The number of carbonyl (C=O) groups is 1. The number of hydrogen-bond acceptors (Lipinski definition) is 2. The fourth-order valence-electron chi connectivity index (χ4n) is 1.44. The second kappa shape index (κ2) is 11.8. The van der Waals surface area contributed by atoms with Gasteiger partial charge in [-0.25, -0.2) is 0 Å². The summed E-state index contributed by atoms with van der Waals surface area (Å²) in [5, 5.41) is 8.72. The van der Waals surface area contributed by atoms with E-state index in [9.17, 15) is 35.5 Å². The van der Waals surface area contributed by atoms with E-state index >= 15 is 0 Å². The van der Waals surface area contributed by atoms with Crippen molar-refractivity contribution in [2.75, 3.05) is 18.5 Å². The molecule has 0 heterocycles. The summed E-state index contributed by atoms with van der Waals surface area (Å²) in [5.74, 6) is -16.3. The number of aliphatic hydroxyl groups excluding tert-OH is 1. The van der Waals surface area contributed by atoms with Crippen LogP contribution in [-0.4, -0.2) is 47.4 Å². The predicted octanol–water partition coefficient (Wildman–Crippen LogP) is 6.40.